The van der Waals surface area contributed by atoms with Gasteiger partial charge in [-0.05, 0) is 12.3 Å². The summed E-state index contributed by atoms with van der Waals surface area (Å²) in [5, 5.41) is 0. The molecule has 0 aliphatic rings. The summed E-state index contributed by atoms with van der Waals surface area (Å²) in [4.78, 5) is 0. The van der Waals surface area contributed by atoms with Crippen molar-refractivity contribution in [3.05, 3.63) is 0 Å². The average Bonchev–Trinajstić information content (AvgIpc) is 2.26. The number of hydrogen-bond acceptors (Lipinski definition) is 3. The van der Waals surface area contributed by atoms with Crippen molar-refractivity contribution in [3.63, 3.8) is 0 Å². The summed E-state index contributed by atoms with van der Waals surface area (Å²) in [6, 6.07) is 0.158. The van der Waals surface area contributed by atoms with Gasteiger partial charge in [-0.3, -0.25) is 0 Å². The molecule has 3 heteroatoms. The maximum Gasteiger partial charge on any atom is 0.0701 e. The lowest BCUT2D eigenvalue weighted by Gasteiger charge is -2.18. The molecule has 0 aliphatic carbocycles. The van der Waals surface area contributed by atoms with Gasteiger partial charge in [0.05, 0.1) is 19.8 Å². The van der Waals surface area contributed by atoms with Crippen molar-refractivity contribution in [2.45, 2.75) is 46.1 Å². The summed E-state index contributed by atoms with van der Waals surface area (Å²) in [5.74, 6) is 0.533. The van der Waals surface area contributed by atoms with Crippen LogP contribution in [-0.2, 0) is 9.47 Å². The van der Waals surface area contributed by atoms with Gasteiger partial charge in [-0.2, -0.15) is 0 Å². The van der Waals surface area contributed by atoms with Crippen LogP contribution >= 0.6 is 0 Å². The number of ether oxygens (including phenoxy) is 2. The van der Waals surface area contributed by atoms with Crippen LogP contribution in [0.2, 0.25) is 0 Å². The standard InChI is InChI=1S/C12H27NO2/c1-4-6-7-14-8-9-15-10-12(13)11(3)5-2/h11-12H,4-10,13H2,1-3H3. The number of hydrogen-bond donors (Lipinski definition) is 1. The minimum atomic E-state index is 0.158. The zero-order valence-electron chi connectivity index (χ0n) is 10.5. The quantitative estimate of drug-likeness (QED) is 0.570. The van der Waals surface area contributed by atoms with Crippen LogP contribution < -0.4 is 5.73 Å². The van der Waals surface area contributed by atoms with E-state index in [2.05, 4.69) is 20.8 Å². The first-order chi connectivity index (χ1) is 7.22. The topological polar surface area (TPSA) is 44.5 Å². The van der Waals surface area contributed by atoms with Crippen molar-refractivity contribution in [1.29, 1.82) is 0 Å². The summed E-state index contributed by atoms with van der Waals surface area (Å²) < 4.78 is 10.8. The Balaban J connectivity index is 3.16. The second-order valence-corrected chi connectivity index (χ2v) is 4.09. The largest absolute Gasteiger partial charge is 0.379 e. The van der Waals surface area contributed by atoms with E-state index in [1.165, 1.54) is 6.42 Å². The van der Waals surface area contributed by atoms with Crippen LogP contribution in [0.15, 0.2) is 0 Å². The minimum Gasteiger partial charge on any atom is -0.379 e. The highest BCUT2D eigenvalue weighted by Gasteiger charge is 2.09. The van der Waals surface area contributed by atoms with Gasteiger partial charge in [0.25, 0.3) is 0 Å². The molecule has 15 heavy (non-hydrogen) atoms. The molecule has 0 saturated heterocycles. The predicted octanol–water partition coefficient (Wildman–Crippen LogP) is 2.19. The van der Waals surface area contributed by atoms with Gasteiger partial charge in [0, 0.05) is 12.6 Å². The Hall–Kier alpha value is -0.120. The van der Waals surface area contributed by atoms with E-state index in [0.717, 1.165) is 19.4 Å². The van der Waals surface area contributed by atoms with Gasteiger partial charge >= 0.3 is 0 Å². The molecule has 0 aromatic carbocycles. The summed E-state index contributed by atoms with van der Waals surface area (Å²) in [6.07, 6.45) is 3.42. The van der Waals surface area contributed by atoms with Gasteiger partial charge < -0.3 is 15.2 Å². The highest BCUT2D eigenvalue weighted by atomic mass is 16.5. The van der Waals surface area contributed by atoms with Gasteiger partial charge in [0.2, 0.25) is 0 Å². The van der Waals surface area contributed by atoms with Crippen LogP contribution in [0.4, 0.5) is 0 Å². The predicted molar refractivity (Wildman–Crippen MR) is 64.0 cm³/mol. The van der Waals surface area contributed by atoms with Crippen molar-refractivity contribution in [3.8, 4) is 0 Å². The second-order valence-electron chi connectivity index (χ2n) is 4.09. The Bertz CT molecular complexity index is 131. The van der Waals surface area contributed by atoms with E-state index in [0.29, 0.717) is 25.7 Å². The maximum absolute atomic E-state index is 5.92. The van der Waals surface area contributed by atoms with Crippen molar-refractivity contribution in [2.75, 3.05) is 26.4 Å². The zero-order valence-corrected chi connectivity index (χ0v) is 10.5. The van der Waals surface area contributed by atoms with Crippen molar-refractivity contribution >= 4 is 0 Å². The summed E-state index contributed by atoms with van der Waals surface area (Å²) in [5.41, 5.74) is 5.92. The molecule has 0 fully saturated rings. The van der Waals surface area contributed by atoms with Crippen LogP contribution in [0.5, 0.6) is 0 Å². The van der Waals surface area contributed by atoms with E-state index >= 15 is 0 Å². The van der Waals surface area contributed by atoms with Crippen LogP contribution in [0.3, 0.4) is 0 Å². The Labute approximate surface area is 94.3 Å². The fourth-order valence-corrected chi connectivity index (χ4v) is 1.15. The van der Waals surface area contributed by atoms with Gasteiger partial charge in [0.1, 0.15) is 0 Å². The number of rotatable bonds is 10. The maximum atomic E-state index is 5.92. The third-order valence-electron chi connectivity index (χ3n) is 2.70. The van der Waals surface area contributed by atoms with E-state index < -0.39 is 0 Å². The zero-order chi connectivity index (χ0) is 11.5. The second kappa shape index (κ2) is 10.4. The third-order valence-corrected chi connectivity index (χ3v) is 2.70. The first-order valence-corrected chi connectivity index (χ1v) is 6.13. The molecular formula is C12H27NO2. The molecule has 0 saturated carbocycles. The molecule has 0 spiro atoms. The fraction of sp³-hybridized carbons (Fsp3) is 1.00. The first-order valence-electron chi connectivity index (χ1n) is 6.13. The van der Waals surface area contributed by atoms with Gasteiger partial charge in [0.15, 0.2) is 0 Å². The van der Waals surface area contributed by atoms with Crippen molar-refractivity contribution in [2.24, 2.45) is 11.7 Å². The van der Waals surface area contributed by atoms with Gasteiger partial charge in [-0.1, -0.05) is 33.6 Å². The molecule has 0 bridgehead atoms. The van der Waals surface area contributed by atoms with Gasteiger partial charge in [-0.25, -0.2) is 0 Å². The molecule has 2 atom stereocenters. The Morgan fingerprint density at radius 2 is 1.73 bits per heavy atom. The number of unbranched alkanes of at least 4 members (excludes halogenated alkanes) is 1. The minimum absolute atomic E-state index is 0.158. The highest BCUT2D eigenvalue weighted by Crippen LogP contribution is 2.05. The highest BCUT2D eigenvalue weighted by molar-refractivity contribution is 4.66. The smallest absolute Gasteiger partial charge is 0.0701 e. The van der Waals surface area contributed by atoms with Crippen LogP contribution in [0.1, 0.15) is 40.0 Å². The molecule has 0 aromatic heterocycles. The molecule has 0 rings (SSSR count). The molecule has 0 aromatic rings. The fourth-order valence-electron chi connectivity index (χ4n) is 1.15. The van der Waals surface area contributed by atoms with E-state index in [4.69, 9.17) is 15.2 Å². The normalized spacial score (nSPS) is 15.2. The average molecular weight is 217 g/mol. The van der Waals surface area contributed by atoms with Crippen LogP contribution in [0, 0.1) is 5.92 Å². The lowest BCUT2D eigenvalue weighted by Crippen LogP contribution is -2.33. The molecule has 2 unspecified atom stereocenters. The summed E-state index contributed by atoms with van der Waals surface area (Å²) in [6.45, 7) is 9.31. The lowest BCUT2D eigenvalue weighted by molar-refractivity contribution is 0.0368. The number of nitrogens with two attached hydrogens (primary N) is 1. The van der Waals surface area contributed by atoms with Gasteiger partial charge in [-0.15, -0.1) is 0 Å². The van der Waals surface area contributed by atoms with Crippen molar-refractivity contribution in [1.82, 2.24) is 0 Å². The van der Waals surface area contributed by atoms with Crippen LogP contribution in [-0.4, -0.2) is 32.5 Å². The van der Waals surface area contributed by atoms with E-state index in [9.17, 15) is 0 Å². The Kier molecular flexibility index (Phi) is 10.3. The third kappa shape index (κ3) is 8.85. The molecule has 92 valence electrons. The molecule has 0 heterocycles. The van der Waals surface area contributed by atoms with E-state index in [1.54, 1.807) is 0 Å². The molecular weight excluding hydrogens is 190 g/mol. The molecule has 3 nitrogen and oxygen atoms in total. The Morgan fingerprint density at radius 1 is 1.07 bits per heavy atom. The monoisotopic (exact) mass is 217 g/mol. The van der Waals surface area contributed by atoms with Crippen LogP contribution in [0.25, 0.3) is 0 Å². The molecule has 0 radical (unpaired) electrons. The SMILES string of the molecule is CCCCOCCOCC(N)C(C)CC. The van der Waals surface area contributed by atoms with Crippen molar-refractivity contribution < 1.29 is 9.47 Å². The molecule has 2 N–H and O–H groups in total. The van der Waals surface area contributed by atoms with E-state index in [-0.39, 0.29) is 6.04 Å². The lowest BCUT2D eigenvalue weighted by atomic mass is 10.0. The first kappa shape index (κ1) is 14.9. The summed E-state index contributed by atoms with van der Waals surface area (Å²) in [7, 11) is 0. The Morgan fingerprint density at radius 3 is 2.33 bits per heavy atom. The molecule has 0 amide bonds. The van der Waals surface area contributed by atoms with E-state index in [1.807, 2.05) is 0 Å². The summed E-state index contributed by atoms with van der Waals surface area (Å²) >= 11 is 0. The molecule has 0 aliphatic heterocycles.